The number of aryl methyl sites for hydroxylation is 2. The molecule has 0 saturated heterocycles. The van der Waals surface area contributed by atoms with E-state index in [9.17, 15) is 0 Å². The van der Waals surface area contributed by atoms with Gasteiger partial charge in [-0.1, -0.05) is 24.3 Å². The van der Waals surface area contributed by atoms with E-state index in [0.29, 0.717) is 0 Å². The molecule has 0 aliphatic heterocycles. The van der Waals surface area contributed by atoms with E-state index in [4.69, 9.17) is 0 Å². The molecular formula is C8H10ClNa. The molecule has 10 heavy (non-hydrogen) atoms. The fourth-order valence-electron chi connectivity index (χ4n) is 0.663. The van der Waals surface area contributed by atoms with Crippen LogP contribution in [0.25, 0.3) is 0 Å². The Labute approximate surface area is 90.7 Å². The molecule has 1 rings (SSSR count). The molecule has 50 valence electrons. The average molecular weight is 165 g/mol. The first kappa shape index (κ1) is 13.1. The molecule has 0 aliphatic carbocycles. The first-order chi connectivity index (χ1) is 3.80. The Morgan fingerprint density at radius 1 is 0.900 bits per heavy atom. The van der Waals surface area contributed by atoms with Crippen LogP contribution < -0.4 is 42.0 Å². The third-order valence-electron chi connectivity index (χ3n) is 1.43. The van der Waals surface area contributed by atoms with Gasteiger partial charge in [0.15, 0.2) is 0 Å². The molecule has 0 saturated carbocycles. The van der Waals surface area contributed by atoms with Gasteiger partial charge in [0.05, 0.1) is 0 Å². The molecule has 0 aromatic heterocycles. The van der Waals surface area contributed by atoms with Gasteiger partial charge < -0.3 is 12.4 Å². The summed E-state index contributed by atoms with van der Waals surface area (Å²) >= 11 is 0. The number of rotatable bonds is 0. The van der Waals surface area contributed by atoms with Crippen molar-refractivity contribution in [3.8, 4) is 0 Å². The zero-order chi connectivity index (χ0) is 5.98. The summed E-state index contributed by atoms with van der Waals surface area (Å²) in [5, 5.41) is 0. The van der Waals surface area contributed by atoms with Gasteiger partial charge in [0, 0.05) is 0 Å². The summed E-state index contributed by atoms with van der Waals surface area (Å²) in [7, 11) is 0. The Hall–Kier alpha value is 0.510. The van der Waals surface area contributed by atoms with Crippen LogP contribution in [0, 0.1) is 13.8 Å². The molecule has 0 aliphatic rings. The standard InChI is InChI=1S/C8H10.ClH.Na/c1-7-5-3-4-6-8(7)2;;/h3-6H,1-2H3;1H;/q;;+1/p-1. The number of hydrogen-bond acceptors (Lipinski definition) is 0. The monoisotopic (exact) mass is 164 g/mol. The average Bonchev–Trinajstić information content (AvgIpc) is 1.77. The summed E-state index contributed by atoms with van der Waals surface area (Å²) in [6.45, 7) is 4.24. The van der Waals surface area contributed by atoms with Gasteiger partial charge in [0.2, 0.25) is 0 Å². The summed E-state index contributed by atoms with van der Waals surface area (Å²) < 4.78 is 0. The Morgan fingerprint density at radius 3 is 1.40 bits per heavy atom. The third kappa shape index (κ3) is 3.62. The van der Waals surface area contributed by atoms with Crippen LogP contribution in [0.2, 0.25) is 0 Å². The predicted molar refractivity (Wildman–Crippen MR) is 35.9 cm³/mol. The van der Waals surface area contributed by atoms with Crippen molar-refractivity contribution in [2.45, 2.75) is 13.8 Å². The fraction of sp³-hybridized carbons (Fsp3) is 0.250. The third-order valence-corrected chi connectivity index (χ3v) is 1.43. The Balaban J connectivity index is 0. The van der Waals surface area contributed by atoms with Gasteiger partial charge in [-0.2, -0.15) is 0 Å². The van der Waals surface area contributed by atoms with E-state index in [0.717, 1.165) is 0 Å². The molecule has 0 radical (unpaired) electrons. The van der Waals surface area contributed by atoms with Crippen LogP contribution in [-0.4, -0.2) is 0 Å². The Kier molecular flexibility index (Phi) is 8.18. The molecule has 0 fully saturated rings. The van der Waals surface area contributed by atoms with Gasteiger partial charge >= 0.3 is 29.6 Å². The molecule has 0 bridgehead atoms. The minimum Gasteiger partial charge on any atom is -1.00 e. The summed E-state index contributed by atoms with van der Waals surface area (Å²) in [6, 6.07) is 8.36. The summed E-state index contributed by atoms with van der Waals surface area (Å²) in [4.78, 5) is 0. The maximum absolute atomic E-state index is 2.12. The number of halogens is 1. The second-order valence-corrected chi connectivity index (χ2v) is 2.08. The first-order valence-electron chi connectivity index (χ1n) is 2.83. The predicted octanol–water partition coefficient (Wildman–Crippen LogP) is -3.69. The van der Waals surface area contributed by atoms with E-state index in [1.165, 1.54) is 11.1 Å². The van der Waals surface area contributed by atoms with Gasteiger partial charge in [0.1, 0.15) is 0 Å². The molecule has 0 amide bonds. The van der Waals surface area contributed by atoms with E-state index in [1.54, 1.807) is 0 Å². The van der Waals surface area contributed by atoms with Crippen molar-refractivity contribution >= 4 is 0 Å². The number of benzene rings is 1. The van der Waals surface area contributed by atoms with Crippen molar-refractivity contribution < 1.29 is 42.0 Å². The fourth-order valence-corrected chi connectivity index (χ4v) is 0.663. The maximum Gasteiger partial charge on any atom is 1.00 e. The van der Waals surface area contributed by atoms with Gasteiger partial charge in [0.25, 0.3) is 0 Å². The Bertz CT molecular complexity index is 165. The second kappa shape index (κ2) is 6.23. The van der Waals surface area contributed by atoms with E-state index in [1.807, 2.05) is 0 Å². The second-order valence-electron chi connectivity index (χ2n) is 2.08. The van der Waals surface area contributed by atoms with E-state index >= 15 is 0 Å². The van der Waals surface area contributed by atoms with Gasteiger partial charge in [-0.25, -0.2) is 0 Å². The zero-order valence-electron chi connectivity index (χ0n) is 6.69. The molecule has 0 spiro atoms. The summed E-state index contributed by atoms with van der Waals surface area (Å²) in [6.07, 6.45) is 0. The molecule has 1 aromatic carbocycles. The van der Waals surface area contributed by atoms with Crippen LogP contribution in [0.3, 0.4) is 0 Å². The molecule has 0 N–H and O–H groups in total. The van der Waals surface area contributed by atoms with Crippen molar-refractivity contribution in [3.05, 3.63) is 35.4 Å². The molecule has 1 aromatic rings. The molecule has 0 atom stereocenters. The minimum absolute atomic E-state index is 0. The van der Waals surface area contributed by atoms with Crippen molar-refractivity contribution in [1.82, 2.24) is 0 Å². The molecule has 0 nitrogen and oxygen atoms in total. The van der Waals surface area contributed by atoms with Crippen LogP contribution >= 0.6 is 0 Å². The summed E-state index contributed by atoms with van der Waals surface area (Å²) in [5.74, 6) is 0. The van der Waals surface area contributed by atoms with Crippen LogP contribution in [0.1, 0.15) is 11.1 Å². The first-order valence-corrected chi connectivity index (χ1v) is 2.83. The maximum atomic E-state index is 2.12. The normalized spacial score (nSPS) is 7.40. The molecule has 0 heterocycles. The van der Waals surface area contributed by atoms with Gasteiger partial charge in [-0.05, 0) is 25.0 Å². The molecule has 2 heteroatoms. The topological polar surface area (TPSA) is 0 Å². The molecular weight excluding hydrogens is 155 g/mol. The number of hydrogen-bond donors (Lipinski definition) is 0. The minimum atomic E-state index is 0. The molecule has 0 unspecified atom stereocenters. The van der Waals surface area contributed by atoms with Crippen molar-refractivity contribution in [3.63, 3.8) is 0 Å². The van der Waals surface area contributed by atoms with E-state index < -0.39 is 0 Å². The Morgan fingerprint density at radius 2 is 1.20 bits per heavy atom. The van der Waals surface area contributed by atoms with Crippen LogP contribution in [0.15, 0.2) is 24.3 Å². The van der Waals surface area contributed by atoms with Crippen molar-refractivity contribution in [1.29, 1.82) is 0 Å². The van der Waals surface area contributed by atoms with Crippen molar-refractivity contribution in [2.24, 2.45) is 0 Å². The van der Waals surface area contributed by atoms with Gasteiger partial charge in [-0.3, -0.25) is 0 Å². The smallest absolute Gasteiger partial charge is 1.00 e. The van der Waals surface area contributed by atoms with Gasteiger partial charge in [-0.15, -0.1) is 0 Å². The van der Waals surface area contributed by atoms with E-state index in [-0.39, 0.29) is 42.0 Å². The van der Waals surface area contributed by atoms with Crippen molar-refractivity contribution in [2.75, 3.05) is 0 Å². The summed E-state index contributed by atoms with van der Waals surface area (Å²) in [5.41, 5.74) is 2.74. The SMILES string of the molecule is Cc1ccccc1C.[Cl-].[Na+]. The zero-order valence-corrected chi connectivity index (χ0v) is 9.44. The van der Waals surface area contributed by atoms with Crippen LogP contribution in [-0.2, 0) is 0 Å². The quantitative estimate of drug-likeness (QED) is 0.347. The largest absolute Gasteiger partial charge is 1.00 e. The van der Waals surface area contributed by atoms with Crippen LogP contribution in [0.4, 0.5) is 0 Å². The van der Waals surface area contributed by atoms with Crippen LogP contribution in [0.5, 0.6) is 0 Å². The van der Waals surface area contributed by atoms with E-state index in [2.05, 4.69) is 38.1 Å².